The van der Waals surface area contributed by atoms with Crippen molar-refractivity contribution in [1.29, 1.82) is 0 Å². The fourth-order valence-corrected chi connectivity index (χ4v) is 3.68. The van der Waals surface area contributed by atoms with Gasteiger partial charge in [0.25, 0.3) is 0 Å². The van der Waals surface area contributed by atoms with Crippen LogP contribution in [-0.2, 0) is 25.4 Å². The summed E-state index contributed by atoms with van der Waals surface area (Å²) in [6, 6.07) is 7.69. The number of ether oxygens (including phenoxy) is 8. The second kappa shape index (κ2) is 9.62. The number of rotatable bonds is 14. The fraction of sp³-hybridized carbons (Fsp3) is 0.520. The van der Waals surface area contributed by atoms with Crippen LogP contribution < -0.4 is 30.4 Å². The van der Waals surface area contributed by atoms with Crippen molar-refractivity contribution < 1.29 is 37.9 Å². The molecule has 0 bridgehead atoms. The first-order valence-corrected chi connectivity index (χ1v) is 11.9. The normalized spacial score (nSPS) is 25.6. The molecule has 2 aromatic rings. The lowest BCUT2D eigenvalue weighted by atomic mass is 10.00. The molecule has 0 aromatic heterocycles. The van der Waals surface area contributed by atoms with Gasteiger partial charge in [-0.3, -0.25) is 0 Å². The van der Waals surface area contributed by atoms with Gasteiger partial charge < -0.3 is 49.4 Å². The van der Waals surface area contributed by atoms with Crippen molar-refractivity contribution in [3.8, 4) is 23.0 Å². The molecule has 4 heterocycles. The van der Waals surface area contributed by atoms with Crippen molar-refractivity contribution in [2.24, 2.45) is 0 Å². The number of nitrogens with two attached hydrogens (primary N) is 2. The van der Waals surface area contributed by atoms with Gasteiger partial charge in [0.1, 0.15) is 56.5 Å². The Kier molecular flexibility index (Phi) is 6.19. The minimum atomic E-state index is 0.0433. The number of benzene rings is 2. The molecule has 6 rings (SSSR count). The van der Waals surface area contributed by atoms with Crippen LogP contribution in [0.5, 0.6) is 23.0 Å². The van der Waals surface area contributed by atoms with E-state index in [-0.39, 0.29) is 24.4 Å². The number of hydrogen-bond acceptors (Lipinski definition) is 10. The maximum atomic E-state index is 6.65. The summed E-state index contributed by atoms with van der Waals surface area (Å²) in [6.45, 7) is 4.15. The Hall–Kier alpha value is -2.92. The van der Waals surface area contributed by atoms with Gasteiger partial charge in [0.05, 0.1) is 26.4 Å². The molecular weight excluding hydrogens is 456 g/mol. The topological polar surface area (TPSA) is 139 Å². The minimum Gasteiger partial charge on any atom is -0.486 e. The first-order chi connectivity index (χ1) is 17.1. The second-order valence-electron chi connectivity index (χ2n) is 9.19. The summed E-state index contributed by atoms with van der Waals surface area (Å²) < 4.78 is 46.4. The van der Waals surface area contributed by atoms with E-state index < -0.39 is 0 Å². The third kappa shape index (κ3) is 5.84. The highest BCUT2D eigenvalue weighted by Gasteiger charge is 2.34. The molecule has 35 heavy (non-hydrogen) atoms. The van der Waals surface area contributed by atoms with Crippen LogP contribution in [0.1, 0.15) is 11.1 Å². The molecule has 0 spiro atoms. The van der Waals surface area contributed by atoms with E-state index in [1.165, 1.54) is 0 Å². The predicted molar refractivity (Wildman–Crippen MR) is 125 cm³/mol. The summed E-state index contributed by atoms with van der Waals surface area (Å²) in [7, 11) is 0. The zero-order valence-electron chi connectivity index (χ0n) is 19.4. The summed E-state index contributed by atoms with van der Waals surface area (Å²) in [4.78, 5) is 0. The molecule has 188 valence electrons. The first kappa shape index (κ1) is 22.5. The van der Waals surface area contributed by atoms with E-state index in [1.807, 2.05) is 24.3 Å². The van der Waals surface area contributed by atoms with Crippen LogP contribution in [0.4, 0.5) is 11.4 Å². The molecule has 4 aliphatic heterocycles. The molecule has 10 nitrogen and oxygen atoms in total. The minimum absolute atomic E-state index is 0.0433. The van der Waals surface area contributed by atoms with E-state index >= 15 is 0 Å². The molecule has 10 heteroatoms. The molecule has 4 atom stereocenters. The number of anilines is 2. The molecule has 0 radical (unpaired) electrons. The van der Waals surface area contributed by atoms with E-state index in [1.54, 1.807) is 0 Å². The predicted octanol–water partition coefficient (Wildman–Crippen LogP) is 1.55. The lowest BCUT2D eigenvalue weighted by Crippen LogP contribution is -2.16. The van der Waals surface area contributed by atoms with Crippen molar-refractivity contribution in [3.05, 3.63) is 35.4 Å². The van der Waals surface area contributed by atoms with Gasteiger partial charge in [-0.15, -0.1) is 0 Å². The molecule has 2 aromatic carbocycles. The molecule has 0 amide bonds. The Bertz CT molecular complexity index is 989. The maximum absolute atomic E-state index is 6.65. The summed E-state index contributed by atoms with van der Waals surface area (Å²) in [5.41, 5.74) is 15.4. The Morgan fingerprint density at radius 3 is 1.34 bits per heavy atom. The van der Waals surface area contributed by atoms with Gasteiger partial charge in [0, 0.05) is 17.7 Å². The van der Waals surface area contributed by atoms with Crippen molar-refractivity contribution in [3.63, 3.8) is 0 Å². The Morgan fingerprint density at radius 1 is 0.600 bits per heavy atom. The van der Waals surface area contributed by atoms with E-state index in [0.717, 1.165) is 11.1 Å². The van der Waals surface area contributed by atoms with Gasteiger partial charge in [-0.1, -0.05) is 12.1 Å². The molecule has 4 saturated heterocycles. The van der Waals surface area contributed by atoms with Gasteiger partial charge in [0.2, 0.25) is 0 Å². The Labute approximate surface area is 203 Å². The average molecular weight is 487 g/mol. The van der Waals surface area contributed by atoms with Crippen LogP contribution in [0.25, 0.3) is 0 Å². The number of hydrogen-bond donors (Lipinski definition) is 2. The van der Waals surface area contributed by atoms with E-state index in [2.05, 4.69) is 0 Å². The zero-order chi connectivity index (χ0) is 23.8. The third-order valence-corrected chi connectivity index (χ3v) is 6.07. The highest BCUT2D eigenvalue weighted by Crippen LogP contribution is 2.52. The highest BCUT2D eigenvalue weighted by atomic mass is 16.6. The van der Waals surface area contributed by atoms with Crippen LogP contribution in [-0.4, -0.2) is 77.3 Å². The van der Waals surface area contributed by atoms with Crippen molar-refractivity contribution in [2.75, 3.05) is 64.3 Å². The van der Waals surface area contributed by atoms with Crippen LogP contribution in [0.3, 0.4) is 0 Å². The van der Waals surface area contributed by atoms with Crippen molar-refractivity contribution in [1.82, 2.24) is 0 Å². The van der Waals surface area contributed by atoms with Gasteiger partial charge in [-0.05, 0) is 17.7 Å². The Balaban J connectivity index is 1.42. The fourth-order valence-electron chi connectivity index (χ4n) is 3.68. The molecule has 4 fully saturated rings. The van der Waals surface area contributed by atoms with Crippen LogP contribution in [0.15, 0.2) is 24.3 Å². The standard InChI is InChI=1S/C25H30N2O8/c26-15-3-1-14(2-4-15)5-20-22(32-10-16-6-28-16)24(34-12-18-8-30-18)21(27)25(35-13-19-9-31-19)23(20)33-11-17-7-29-17/h1-4,16-19H,5-13,26-27H2. The van der Waals surface area contributed by atoms with Gasteiger partial charge in [-0.25, -0.2) is 0 Å². The number of epoxide rings is 4. The molecule has 4 aliphatic rings. The quantitative estimate of drug-likeness (QED) is 0.299. The average Bonchev–Trinajstić information content (AvgIpc) is 3.70. The molecule has 0 aliphatic carbocycles. The lowest BCUT2D eigenvalue weighted by molar-refractivity contribution is 0.211. The summed E-state index contributed by atoms with van der Waals surface area (Å²) in [6.07, 6.45) is 0.678. The summed E-state index contributed by atoms with van der Waals surface area (Å²) in [5.74, 6) is 1.90. The molecule has 0 saturated carbocycles. The van der Waals surface area contributed by atoms with E-state index in [9.17, 15) is 0 Å². The van der Waals surface area contributed by atoms with E-state index in [4.69, 9.17) is 49.4 Å². The second-order valence-corrected chi connectivity index (χ2v) is 9.19. The van der Waals surface area contributed by atoms with E-state index in [0.29, 0.717) is 93.6 Å². The molecule has 4 N–H and O–H groups in total. The smallest absolute Gasteiger partial charge is 0.188 e. The van der Waals surface area contributed by atoms with Crippen LogP contribution >= 0.6 is 0 Å². The zero-order valence-corrected chi connectivity index (χ0v) is 19.4. The van der Waals surface area contributed by atoms with Crippen LogP contribution in [0, 0.1) is 0 Å². The molecule has 4 unspecified atom stereocenters. The van der Waals surface area contributed by atoms with Crippen LogP contribution in [0.2, 0.25) is 0 Å². The maximum Gasteiger partial charge on any atom is 0.188 e. The summed E-state index contributed by atoms with van der Waals surface area (Å²) in [5, 5.41) is 0. The highest BCUT2D eigenvalue weighted by molar-refractivity contribution is 5.77. The third-order valence-electron chi connectivity index (χ3n) is 6.07. The van der Waals surface area contributed by atoms with Crippen molar-refractivity contribution >= 4 is 11.4 Å². The molecular formula is C25H30N2O8. The van der Waals surface area contributed by atoms with Crippen molar-refractivity contribution in [2.45, 2.75) is 30.8 Å². The monoisotopic (exact) mass is 486 g/mol. The Morgan fingerprint density at radius 2 is 0.971 bits per heavy atom. The first-order valence-electron chi connectivity index (χ1n) is 11.9. The van der Waals surface area contributed by atoms with Gasteiger partial charge in [0.15, 0.2) is 23.0 Å². The largest absolute Gasteiger partial charge is 0.486 e. The number of nitrogen functional groups attached to an aromatic ring is 2. The van der Waals surface area contributed by atoms with Gasteiger partial charge >= 0.3 is 0 Å². The lowest BCUT2D eigenvalue weighted by Gasteiger charge is -2.24. The summed E-state index contributed by atoms with van der Waals surface area (Å²) >= 11 is 0. The SMILES string of the molecule is Nc1ccc(Cc2c(OCC3CO3)c(OCC3CO3)c(N)c(OCC3CO3)c2OCC2CO2)cc1. The van der Waals surface area contributed by atoms with Gasteiger partial charge in [-0.2, -0.15) is 0 Å².